The number of fused-ring (bicyclic) bond motifs is 1. The van der Waals surface area contributed by atoms with Crippen LogP contribution in [0.3, 0.4) is 0 Å². The number of aromatic nitrogens is 3. The molecule has 3 aromatic heterocycles. The van der Waals surface area contributed by atoms with E-state index in [2.05, 4.69) is 14.7 Å². The molecule has 0 aliphatic carbocycles. The number of aryl methyl sites for hydroxylation is 1. The number of ether oxygens (including phenoxy) is 1. The Morgan fingerprint density at radius 1 is 1.19 bits per heavy atom. The predicted molar refractivity (Wildman–Crippen MR) is 113 cm³/mol. The van der Waals surface area contributed by atoms with Crippen LogP contribution in [-0.2, 0) is 0 Å². The van der Waals surface area contributed by atoms with Gasteiger partial charge < -0.3 is 10.1 Å². The SMILES string of the molecule is Br.COc1ccc(Nc2nc(-c3c(C)nc4ccccn34)cs2)cc1Cl. The number of thiazole rings is 1. The van der Waals surface area contributed by atoms with Gasteiger partial charge in [0.25, 0.3) is 0 Å². The van der Waals surface area contributed by atoms with Crippen molar-refractivity contribution in [3.8, 4) is 17.1 Å². The van der Waals surface area contributed by atoms with Crippen molar-refractivity contribution in [2.75, 3.05) is 12.4 Å². The van der Waals surface area contributed by atoms with Crippen LogP contribution < -0.4 is 10.1 Å². The fourth-order valence-electron chi connectivity index (χ4n) is 2.73. The molecule has 8 heteroatoms. The fraction of sp³-hybridized carbons (Fsp3) is 0.111. The molecule has 5 nitrogen and oxygen atoms in total. The molecule has 0 bridgehead atoms. The standard InChI is InChI=1S/C18H15ClN4OS.BrH/c1-11-17(23-8-4-3-5-16(23)20-11)14-10-25-18(22-14)21-12-6-7-15(24-2)13(19)9-12;/h3-10H,1-2H3,(H,21,22);1H. The van der Waals surface area contributed by atoms with Gasteiger partial charge in [0.2, 0.25) is 0 Å². The fourth-order valence-corrected chi connectivity index (χ4v) is 3.70. The number of imidazole rings is 1. The van der Waals surface area contributed by atoms with Crippen LogP contribution in [0.25, 0.3) is 17.0 Å². The van der Waals surface area contributed by atoms with Crippen LogP contribution in [0.2, 0.25) is 5.02 Å². The summed E-state index contributed by atoms with van der Waals surface area (Å²) in [5, 5.41) is 6.66. The van der Waals surface area contributed by atoms with Crippen LogP contribution in [-0.4, -0.2) is 21.5 Å². The Balaban J connectivity index is 0.00000196. The molecule has 0 atom stereocenters. The third-order valence-corrected chi connectivity index (χ3v) is 4.91. The van der Waals surface area contributed by atoms with E-state index < -0.39 is 0 Å². The van der Waals surface area contributed by atoms with Crippen molar-refractivity contribution < 1.29 is 4.74 Å². The summed E-state index contributed by atoms with van der Waals surface area (Å²) in [5.41, 5.74) is 4.63. The summed E-state index contributed by atoms with van der Waals surface area (Å²) in [5.74, 6) is 0.647. The van der Waals surface area contributed by atoms with Crippen molar-refractivity contribution in [1.82, 2.24) is 14.4 Å². The number of hydrogen-bond donors (Lipinski definition) is 1. The highest BCUT2D eigenvalue weighted by atomic mass is 79.9. The number of halogens is 2. The predicted octanol–water partition coefficient (Wildman–Crippen LogP) is 5.75. The van der Waals surface area contributed by atoms with Gasteiger partial charge in [0.15, 0.2) is 5.13 Å². The molecule has 1 N–H and O–H groups in total. The van der Waals surface area contributed by atoms with Crippen molar-refractivity contribution in [1.29, 1.82) is 0 Å². The Bertz CT molecular complexity index is 1060. The van der Waals surface area contributed by atoms with Gasteiger partial charge in [-0.15, -0.1) is 28.3 Å². The Labute approximate surface area is 170 Å². The van der Waals surface area contributed by atoms with Crippen LogP contribution in [0, 0.1) is 6.92 Å². The van der Waals surface area contributed by atoms with E-state index in [0.717, 1.165) is 33.5 Å². The molecule has 0 spiro atoms. The number of rotatable bonds is 4. The summed E-state index contributed by atoms with van der Waals surface area (Å²) in [4.78, 5) is 9.29. The zero-order valence-electron chi connectivity index (χ0n) is 14.1. The normalized spacial score (nSPS) is 10.6. The number of nitrogens with one attached hydrogen (secondary N) is 1. The van der Waals surface area contributed by atoms with E-state index in [1.165, 1.54) is 11.3 Å². The van der Waals surface area contributed by atoms with E-state index in [-0.39, 0.29) is 17.0 Å². The summed E-state index contributed by atoms with van der Waals surface area (Å²) >= 11 is 7.71. The lowest BCUT2D eigenvalue weighted by atomic mass is 10.3. The van der Waals surface area contributed by atoms with E-state index in [1.807, 2.05) is 54.9 Å². The molecule has 0 aliphatic rings. The Morgan fingerprint density at radius 3 is 2.81 bits per heavy atom. The van der Waals surface area contributed by atoms with Crippen LogP contribution in [0.15, 0.2) is 48.0 Å². The molecule has 0 saturated heterocycles. The number of benzene rings is 1. The number of hydrogen-bond acceptors (Lipinski definition) is 5. The van der Waals surface area contributed by atoms with Crippen molar-refractivity contribution in [2.24, 2.45) is 0 Å². The van der Waals surface area contributed by atoms with E-state index in [0.29, 0.717) is 10.8 Å². The molecule has 0 fully saturated rings. The topological polar surface area (TPSA) is 51.5 Å². The molecule has 4 rings (SSSR count). The minimum atomic E-state index is 0. The summed E-state index contributed by atoms with van der Waals surface area (Å²) in [7, 11) is 1.60. The molecular weight excluding hydrogens is 436 g/mol. The highest BCUT2D eigenvalue weighted by molar-refractivity contribution is 8.93. The van der Waals surface area contributed by atoms with Gasteiger partial charge in [0, 0.05) is 17.3 Å². The lowest BCUT2D eigenvalue weighted by Gasteiger charge is -2.06. The summed E-state index contributed by atoms with van der Waals surface area (Å²) in [6, 6.07) is 11.5. The van der Waals surface area contributed by atoms with Gasteiger partial charge in [0.1, 0.15) is 17.1 Å². The summed E-state index contributed by atoms with van der Waals surface area (Å²) in [6.45, 7) is 2.00. The average molecular weight is 452 g/mol. The Morgan fingerprint density at radius 2 is 2.04 bits per heavy atom. The Hall–Kier alpha value is -2.09. The highest BCUT2D eigenvalue weighted by Crippen LogP contribution is 2.32. The molecule has 0 amide bonds. The molecule has 1 aromatic carbocycles. The monoisotopic (exact) mass is 450 g/mol. The van der Waals surface area contributed by atoms with Gasteiger partial charge in [-0.3, -0.25) is 4.40 Å². The number of nitrogens with zero attached hydrogens (tertiary/aromatic N) is 3. The summed E-state index contributed by atoms with van der Waals surface area (Å²) in [6.07, 6.45) is 2.00. The quantitative estimate of drug-likeness (QED) is 0.429. The third-order valence-electron chi connectivity index (χ3n) is 3.85. The van der Waals surface area contributed by atoms with Crippen molar-refractivity contribution in [3.63, 3.8) is 0 Å². The van der Waals surface area contributed by atoms with Crippen LogP contribution in [0.5, 0.6) is 5.75 Å². The van der Waals surface area contributed by atoms with Crippen LogP contribution in [0.4, 0.5) is 10.8 Å². The number of pyridine rings is 1. The lowest BCUT2D eigenvalue weighted by molar-refractivity contribution is 0.415. The molecule has 26 heavy (non-hydrogen) atoms. The third kappa shape index (κ3) is 3.42. The zero-order valence-corrected chi connectivity index (χ0v) is 17.3. The van der Waals surface area contributed by atoms with E-state index >= 15 is 0 Å². The van der Waals surface area contributed by atoms with Gasteiger partial charge in [0.05, 0.1) is 23.5 Å². The minimum Gasteiger partial charge on any atom is -0.495 e. The van der Waals surface area contributed by atoms with Crippen LogP contribution >= 0.6 is 39.9 Å². The first-order valence-electron chi connectivity index (χ1n) is 7.66. The molecule has 3 heterocycles. The van der Waals surface area contributed by atoms with Crippen molar-refractivity contribution in [3.05, 3.63) is 58.7 Å². The first-order chi connectivity index (χ1) is 12.2. The van der Waals surface area contributed by atoms with Gasteiger partial charge in [-0.05, 0) is 37.3 Å². The second-order valence-electron chi connectivity index (χ2n) is 5.49. The molecule has 0 saturated carbocycles. The largest absolute Gasteiger partial charge is 0.495 e. The molecule has 4 aromatic rings. The van der Waals surface area contributed by atoms with E-state index in [4.69, 9.17) is 21.3 Å². The molecule has 134 valence electrons. The average Bonchev–Trinajstić information content (AvgIpc) is 3.18. The molecule has 0 radical (unpaired) electrons. The maximum absolute atomic E-state index is 6.17. The number of anilines is 2. The minimum absolute atomic E-state index is 0. The van der Waals surface area contributed by atoms with E-state index in [9.17, 15) is 0 Å². The molecule has 0 unspecified atom stereocenters. The van der Waals surface area contributed by atoms with Crippen molar-refractivity contribution in [2.45, 2.75) is 6.92 Å². The van der Waals surface area contributed by atoms with Crippen molar-refractivity contribution >= 4 is 56.4 Å². The second-order valence-corrected chi connectivity index (χ2v) is 6.75. The van der Waals surface area contributed by atoms with Crippen LogP contribution in [0.1, 0.15) is 5.69 Å². The Kier molecular flexibility index (Phi) is 5.50. The summed E-state index contributed by atoms with van der Waals surface area (Å²) < 4.78 is 7.23. The second kappa shape index (κ2) is 7.65. The molecular formula is C18H16BrClN4OS. The zero-order chi connectivity index (χ0) is 17.4. The maximum atomic E-state index is 6.17. The molecule has 0 aliphatic heterocycles. The van der Waals surface area contributed by atoms with Gasteiger partial charge >= 0.3 is 0 Å². The number of methoxy groups -OCH3 is 1. The lowest BCUT2D eigenvalue weighted by Crippen LogP contribution is -1.92. The first kappa shape index (κ1) is 18.7. The van der Waals surface area contributed by atoms with Gasteiger partial charge in [-0.1, -0.05) is 17.7 Å². The van der Waals surface area contributed by atoms with Gasteiger partial charge in [-0.2, -0.15) is 0 Å². The smallest absolute Gasteiger partial charge is 0.187 e. The highest BCUT2D eigenvalue weighted by Gasteiger charge is 2.14. The first-order valence-corrected chi connectivity index (χ1v) is 8.91. The van der Waals surface area contributed by atoms with E-state index in [1.54, 1.807) is 7.11 Å². The van der Waals surface area contributed by atoms with Gasteiger partial charge in [-0.25, -0.2) is 9.97 Å². The maximum Gasteiger partial charge on any atom is 0.187 e.